The number of nitrogens with zero attached hydrogens (tertiary/aromatic N) is 1. The fourth-order valence-corrected chi connectivity index (χ4v) is 4.81. The second kappa shape index (κ2) is 13.8. The van der Waals surface area contributed by atoms with Crippen LogP contribution in [0.15, 0.2) is 78.9 Å². The predicted octanol–water partition coefficient (Wildman–Crippen LogP) is 5.92. The zero-order chi connectivity index (χ0) is 25.9. The van der Waals surface area contributed by atoms with Gasteiger partial charge >= 0.3 is 0 Å². The highest BCUT2D eigenvalue weighted by Crippen LogP contribution is 2.21. The highest BCUT2D eigenvalue weighted by Gasteiger charge is 2.31. The van der Waals surface area contributed by atoms with Gasteiger partial charge in [0.15, 0.2) is 0 Å². The number of thioether (sulfide) groups is 1. The van der Waals surface area contributed by atoms with Crippen molar-refractivity contribution in [3.05, 3.63) is 107 Å². The average Bonchev–Trinajstić information content (AvgIpc) is 2.88. The average molecular weight is 507 g/mol. The smallest absolute Gasteiger partial charge is 0.243 e. The van der Waals surface area contributed by atoms with E-state index >= 15 is 0 Å². The number of amides is 2. The maximum absolute atomic E-state index is 14.1. The lowest BCUT2D eigenvalue weighted by Crippen LogP contribution is -2.52. The molecule has 0 fully saturated rings. The van der Waals surface area contributed by atoms with E-state index in [0.29, 0.717) is 24.3 Å². The molecule has 0 spiro atoms. The van der Waals surface area contributed by atoms with Crippen LogP contribution >= 0.6 is 11.8 Å². The Morgan fingerprint density at radius 2 is 1.58 bits per heavy atom. The largest absolute Gasteiger partial charge is 0.352 e. The summed E-state index contributed by atoms with van der Waals surface area (Å²) in [6.45, 7) is 6.33. The molecule has 36 heavy (non-hydrogen) atoms. The molecule has 6 heteroatoms. The third-order valence-electron chi connectivity index (χ3n) is 6.32. The summed E-state index contributed by atoms with van der Waals surface area (Å²) in [6, 6.07) is 23.6. The molecule has 190 valence electrons. The monoisotopic (exact) mass is 506 g/mol. The summed E-state index contributed by atoms with van der Waals surface area (Å²) in [7, 11) is 0. The van der Waals surface area contributed by atoms with Crippen LogP contribution in [-0.4, -0.2) is 34.6 Å². The Morgan fingerprint density at radius 3 is 2.25 bits per heavy atom. The van der Waals surface area contributed by atoms with Crippen molar-refractivity contribution >= 4 is 23.6 Å². The second-order valence-electron chi connectivity index (χ2n) is 9.06. The Bertz CT molecular complexity index is 1140. The van der Waals surface area contributed by atoms with Gasteiger partial charge in [0.05, 0.1) is 5.75 Å². The Morgan fingerprint density at radius 1 is 0.944 bits per heavy atom. The van der Waals surface area contributed by atoms with Gasteiger partial charge in [-0.15, -0.1) is 11.8 Å². The van der Waals surface area contributed by atoms with E-state index in [1.165, 1.54) is 17.8 Å². The minimum absolute atomic E-state index is 0.00150. The van der Waals surface area contributed by atoms with Gasteiger partial charge in [-0.25, -0.2) is 4.39 Å². The van der Waals surface area contributed by atoms with E-state index in [9.17, 15) is 14.0 Å². The molecule has 3 rings (SSSR count). The number of carbonyl (C=O) groups excluding carboxylic acids is 2. The molecule has 4 nitrogen and oxygen atoms in total. The molecule has 0 aliphatic rings. The summed E-state index contributed by atoms with van der Waals surface area (Å²) in [6.07, 6.45) is 1.22. The van der Waals surface area contributed by atoms with Crippen LogP contribution in [0, 0.1) is 12.7 Å². The molecule has 0 heterocycles. The Kier molecular flexibility index (Phi) is 10.6. The first-order valence-electron chi connectivity index (χ1n) is 12.4. The van der Waals surface area contributed by atoms with Gasteiger partial charge in [-0.2, -0.15) is 0 Å². The lowest BCUT2D eigenvalue weighted by molar-refractivity contribution is -0.139. The van der Waals surface area contributed by atoms with Crippen LogP contribution in [0.5, 0.6) is 0 Å². The first-order chi connectivity index (χ1) is 17.4. The molecule has 2 amide bonds. The molecule has 0 saturated heterocycles. The molecule has 3 aromatic carbocycles. The van der Waals surface area contributed by atoms with E-state index in [1.54, 1.807) is 23.1 Å². The second-order valence-corrected chi connectivity index (χ2v) is 10.0. The maximum Gasteiger partial charge on any atom is 0.243 e. The standard InChI is InChI=1S/C30H35FN2O2S/c1-4-23(3)32-30(35)28(18-24-13-6-5-7-14-24)33(19-25-15-9-8-12-22(25)2)29(34)21-36-20-26-16-10-11-17-27(26)31/h5-17,23,28H,4,18-21H2,1-3H3,(H,32,35)/t23-,28+/m1/s1. The van der Waals surface area contributed by atoms with Crippen LogP contribution in [0.2, 0.25) is 0 Å². The highest BCUT2D eigenvalue weighted by atomic mass is 32.2. The molecular weight excluding hydrogens is 471 g/mol. The number of rotatable bonds is 12. The SMILES string of the molecule is CC[C@@H](C)NC(=O)[C@H](Cc1ccccc1)N(Cc1ccccc1C)C(=O)CSCc1ccccc1F. The van der Waals surface area contributed by atoms with Crippen molar-refractivity contribution in [2.45, 2.75) is 58.0 Å². The zero-order valence-electron chi connectivity index (χ0n) is 21.2. The lowest BCUT2D eigenvalue weighted by Gasteiger charge is -2.32. The first kappa shape index (κ1) is 27.5. The minimum Gasteiger partial charge on any atom is -0.352 e. The number of hydrogen-bond acceptors (Lipinski definition) is 3. The summed E-state index contributed by atoms with van der Waals surface area (Å²) >= 11 is 1.36. The number of aryl methyl sites for hydroxylation is 1. The lowest BCUT2D eigenvalue weighted by atomic mass is 10.0. The van der Waals surface area contributed by atoms with Crippen LogP contribution in [0.4, 0.5) is 4.39 Å². The first-order valence-corrected chi connectivity index (χ1v) is 13.5. The van der Waals surface area contributed by atoms with Gasteiger partial charge in [0.1, 0.15) is 11.9 Å². The van der Waals surface area contributed by atoms with Gasteiger partial charge in [0, 0.05) is 24.8 Å². The summed E-state index contributed by atoms with van der Waals surface area (Å²) in [5, 5.41) is 3.09. The van der Waals surface area contributed by atoms with Crippen LogP contribution in [-0.2, 0) is 28.3 Å². The normalized spacial score (nSPS) is 12.6. The summed E-state index contributed by atoms with van der Waals surface area (Å²) in [5.41, 5.74) is 3.62. The molecule has 0 aliphatic heterocycles. The van der Waals surface area contributed by atoms with Crippen molar-refractivity contribution in [3.8, 4) is 0 Å². The summed E-state index contributed by atoms with van der Waals surface area (Å²) in [5.74, 6) is -0.0283. The Balaban J connectivity index is 1.87. The number of benzene rings is 3. The molecule has 0 aromatic heterocycles. The maximum atomic E-state index is 14.1. The molecule has 0 bridgehead atoms. The van der Waals surface area contributed by atoms with Crippen molar-refractivity contribution in [2.75, 3.05) is 5.75 Å². The predicted molar refractivity (Wildman–Crippen MR) is 146 cm³/mol. The number of hydrogen-bond donors (Lipinski definition) is 1. The molecule has 1 N–H and O–H groups in total. The molecule has 3 aromatic rings. The quantitative estimate of drug-likeness (QED) is 0.332. The molecule has 0 aliphatic carbocycles. The molecule has 2 atom stereocenters. The fraction of sp³-hybridized carbons (Fsp3) is 0.333. The van der Waals surface area contributed by atoms with Crippen molar-refractivity contribution in [2.24, 2.45) is 0 Å². The highest BCUT2D eigenvalue weighted by molar-refractivity contribution is 7.99. The summed E-state index contributed by atoms with van der Waals surface area (Å²) in [4.78, 5) is 28.9. The van der Waals surface area contributed by atoms with Crippen LogP contribution in [0.3, 0.4) is 0 Å². The van der Waals surface area contributed by atoms with Crippen molar-refractivity contribution in [1.29, 1.82) is 0 Å². The van der Waals surface area contributed by atoms with E-state index in [-0.39, 0.29) is 29.4 Å². The summed E-state index contributed by atoms with van der Waals surface area (Å²) < 4.78 is 14.1. The number of halogens is 1. The number of nitrogens with one attached hydrogen (secondary N) is 1. The van der Waals surface area contributed by atoms with E-state index in [2.05, 4.69) is 5.32 Å². The van der Waals surface area contributed by atoms with E-state index < -0.39 is 6.04 Å². The van der Waals surface area contributed by atoms with E-state index in [1.807, 2.05) is 75.4 Å². The van der Waals surface area contributed by atoms with Crippen LogP contribution < -0.4 is 5.32 Å². The van der Waals surface area contributed by atoms with E-state index in [0.717, 1.165) is 23.1 Å². The Labute approximate surface area is 218 Å². The third kappa shape index (κ3) is 7.95. The number of carbonyl (C=O) groups is 2. The third-order valence-corrected chi connectivity index (χ3v) is 7.28. The van der Waals surface area contributed by atoms with Crippen molar-refractivity contribution in [1.82, 2.24) is 10.2 Å². The van der Waals surface area contributed by atoms with Gasteiger partial charge in [-0.1, -0.05) is 79.7 Å². The topological polar surface area (TPSA) is 49.4 Å². The van der Waals surface area contributed by atoms with Crippen molar-refractivity contribution in [3.63, 3.8) is 0 Å². The molecule has 0 unspecified atom stereocenters. The van der Waals surface area contributed by atoms with E-state index in [4.69, 9.17) is 0 Å². The van der Waals surface area contributed by atoms with Crippen LogP contribution in [0.25, 0.3) is 0 Å². The van der Waals surface area contributed by atoms with Gasteiger partial charge < -0.3 is 10.2 Å². The van der Waals surface area contributed by atoms with Crippen LogP contribution in [0.1, 0.15) is 42.5 Å². The molecule has 0 radical (unpaired) electrons. The minimum atomic E-state index is -0.664. The molecule has 0 saturated carbocycles. The molecular formula is C30H35FN2O2S. The Hall–Kier alpha value is -3.12. The van der Waals surface area contributed by atoms with Crippen molar-refractivity contribution < 1.29 is 14.0 Å². The van der Waals surface area contributed by atoms with Gasteiger partial charge in [0.2, 0.25) is 11.8 Å². The zero-order valence-corrected chi connectivity index (χ0v) is 22.1. The van der Waals surface area contributed by atoms with Gasteiger partial charge in [-0.3, -0.25) is 9.59 Å². The van der Waals surface area contributed by atoms with Gasteiger partial charge in [0.25, 0.3) is 0 Å². The fourth-order valence-electron chi connectivity index (χ4n) is 3.91. The van der Waals surface area contributed by atoms with Gasteiger partial charge in [-0.05, 0) is 48.6 Å².